The van der Waals surface area contributed by atoms with Crippen LogP contribution in [0.1, 0.15) is 11.6 Å². The molecule has 70 valence electrons. The average Bonchev–Trinajstić information content (AvgIpc) is 2.12. The highest BCUT2D eigenvalue weighted by Crippen LogP contribution is 2.23. The van der Waals surface area contributed by atoms with Crippen LogP contribution in [0.25, 0.3) is 0 Å². The van der Waals surface area contributed by atoms with Crippen LogP contribution in [0.3, 0.4) is 0 Å². The molecule has 2 nitrogen and oxygen atoms in total. The standard InChI is InChI=1S/C9H9F2NO/c1-2-7(12)5-3-6(10)9(11)8(13)4-5/h2-4,7,13H,1,12H2. The monoisotopic (exact) mass is 185 g/mol. The first-order valence-electron chi connectivity index (χ1n) is 3.62. The van der Waals surface area contributed by atoms with E-state index >= 15 is 0 Å². The van der Waals surface area contributed by atoms with Gasteiger partial charge in [0.25, 0.3) is 0 Å². The molecular weight excluding hydrogens is 176 g/mol. The normalized spacial score (nSPS) is 12.5. The van der Waals surface area contributed by atoms with Gasteiger partial charge < -0.3 is 10.8 Å². The Balaban J connectivity index is 3.20. The molecule has 1 aromatic rings. The van der Waals surface area contributed by atoms with Crippen molar-refractivity contribution in [3.8, 4) is 5.75 Å². The third-order valence-corrected chi connectivity index (χ3v) is 1.67. The summed E-state index contributed by atoms with van der Waals surface area (Å²) in [5.74, 6) is -3.13. The van der Waals surface area contributed by atoms with Gasteiger partial charge in [0.15, 0.2) is 17.4 Å². The lowest BCUT2D eigenvalue weighted by atomic mass is 10.1. The Labute approximate surface area is 74.3 Å². The third-order valence-electron chi connectivity index (χ3n) is 1.67. The van der Waals surface area contributed by atoms with E-state index < -0.39 is 23.4 Å². The summed E-state index contributed by atoms with van der Waals surface area (Å²) in [5.41, 5.74) is 5.75. The van der Waals surface area contributed by atoms with Crippen LogP contribution in [0.5, 0.6) is 5.75 Å². The van der Waals surface area contributed by atoms with E-state index in [1.165, 1.54) is 6.08 Å². The van der Waals surface area contributed by atoms with Gasteiger partial charge in [0, 0.05) is 6.04 Å². The summed E-state index contributed by atoms with van der Waals surface area (Å²) in [6, 6.07) is 1.40. The van der Waals surface area contributed by atoms with Gasteiger partial charge in [-0.25, -0.2) is 4.39 Å². The Morgan fingerprint density at radius 1 is 1.46 bits per heavy atom. The molecule has 0 amide bonds. The highest BCUT2D eigenvalue weighted by Gasteiger charge is 2.11. The fourth-order valence-electron chi connectivity index (χ4n) is 0.923. The minimum absolute atomic E-state index is 0.284. The molecular formula is C9H9F2NO. The number of benzene rings is 1. The van der Waals surface area contributed by atoms with E-state index in [2.05, 4.69) is 6.58 Å². The first-order chi connectivity index (χ1) is 6.06. The van der Waals surface area contributed by atoms with Crippen molar-refractivity contribution in [1.82, 2.24) is 0 Å². The molecule has 3 N–H and O–H groups in total. The molecule has 0 aromatic heterocycles. The molecule has 1 unspecified atom stereocenters. The quantitative estimate of drug-likeness (QED) is 0.691. The fraction of sp³-hybridized carbons (Fsp3) is 0.111. The zero-order valence-corrected chi connectivity index (χ0v) is 6.80. The SMILES string of the molecule is C=CC(N)c1cc(O)c(F)c(F)c1. The zero-order valence-electron chi connectivity index (χ0n) is 6.80. The van der Waals surface area contributed by atoms with Gasteiger partial charge in [0.1, 0.15) is 0 Å². The smallest absolute Gasteiger partial charge is 0.200 e. The van der Waals surface area contributed by atoms with Crippen molar-refractivity contribution >= 4 is 0 Å². The molecule has 0 aliphatic heterocycles. The van der Waals surface area contributed by atoms with Crippen molar-refractivity contribution in [2.24, 2.45) is 5.73 Å². The number of hydrogen-bond donors (Lipinski definition) is 2. The molecule has 13 heavy (non-hydrogen) atoms. The van der Waals surface area contributed by atoms with Crippen LogP contribution >= 0.6 is 0 Å². The highest BCUT2D eigenvalue weighted by atomic mass is 19.2. The van der Waals surface area contributed by atoms with Gasteiger partial charge in [-0.3, -0.25) is 0 Å². The number of rotatable bonds is 2. The summed E-state index contributed by atoms with van der Waals surface area (Å²) in [5, 5.41) is 8.92. The number of halogens is 2. The number of hydrogen-bond acceptors (Lipinski definition) is 2. The molecule has 0 saturated carbocycles. The predicted octanol–water partition coefficient (Wildman–Crippen LogP) is 1.86. The van der Waals surface area contributed by atoms with Crippen LogP contribution in [-0.4, -0.2) is 5.11 Å². The third kappa shape index (κ3) is 1.84. The number of aromatic hydroxyl groups is 1. The van der Waals surface area contributed by atoms with Gasteiger partial charge in [0.05, 0.1) is 0 Å². The molecule has 1 aromatic carbocycles. The second-order valence-electron chi connectivity index (χ2n) is 2.60. The summed E-state index contributed by atoms with van der Waals surface area (Å²) < 4.78 is 25.3. The van der Waals surface area contributed by atoms with E-state index in [0.717, 1.165) is 12.1 Å². The van der Waals surface area contributed by atoms with Crippen LogP contribution in [-0.2, 0) is 0 Å². The molecule has 0 bridgehead atoms. The molecule has 0 heterocycles. The Hall–Kier alpha value is -1.42. The molecule has 1 rings (SSSR count). The zero-order chi connectivity index (χ0) is 10.0. The largest absolute Gasteiger partial charge is 0.505 e. The Kier molecular flexibility index (Phi) is 2.63. The summed E-state index contributed by atoms with van der Waals surface area (Å²) in [6.45, 7) is 3.40. The van der Waals surface area contributed by atoms with Crippen molar-refractivity contribution in [2.75, 3.05) is 0 Å². The lowest BCUT2D eigenvalue weighted by molar-refractivity contribution is 0.405. The maximum Gasteiger partial charge on any atom is 0.200 e. The first kappa shape index (κ1) is 9.67. The number of phenolic OH excluding ortho intramolecular Hbond substituents is 1. The molecule has 4 heteroatoms. The topological polar surface area (TPSA) is 46.2 Å². The Morgan fingerprint density at radius 2 is 2.08 bits per heavy atom. The van der Waals surface area contributed by atoms with Gasteiger partial charge in [-0.15, -0.1) is 6.58 Å². The summed E-state index contributed by atoms with van der Waals surface area (Å²) >= 11 is 0. The first-order valence-corrected chi connectivity index (χ1v) is 3.62. The molecule has 0 saturated heterocycles. The van der Waals surface area contributed by atoms with Gasteiger partial charge >= 0.3 is 0 Å². The van der Waals surface area contributed by atoms with Crippen LogP contribution in [0.4, 0.5) is 8.78 Å². The van der Waals surface area contributed by atoms with Gasteiger partial charge in [-0.05, 0) is 17.7 Å². The summed E-state index contributed by atoms with van der Waals surface area (Å²) in [6.07, 6.45) is 1.37. The molecule has 0 radical (unpaired) electrons. The number of nitrogens with two attached hydrogens (primary N) is 1. The van der Waals surface area contributed by atoms with E-state index in [0.29, 0.717) is 0 Å². The van der Waals surface area contributed by atoms with Crippen LogP contribution < -0.4 is 5.73 Å². The van der Waals surface area contributed by atoms with Crippen molar-refractivity contribution in [1.29, 1.82) is 0 Å². The van der Waals surface area contributed by atoms with Gasteiger partial charge in [-0.1, -0.05) is 6.08 Å². The number of phenols is 1. The minimum atomic E-state index is -1.26. The van der Waals surface area contributed by atoms with Crippen molar-refractivity contribution in [3.05, 3.63) is 42.0 Å². The molecule has 0 aliphatic carbocycles. The van der Waals surface area contributed by atoms with Crippen LogP contribution in [0, 0.1) is 11.6 Å². The predicted molar refractivity (Wildman–Crippen MR) is 45.1 cm³/mol. The summed E-state index contributed by atoms with van der Waals surface area (Å²) in [7, 11) is 0. The Bertz CT molecular complexity index is 315. The molecule has 0 spiro atoms. The van der Waals surface area contributed by atoms with E-state index in [-0.39, 0.29) is 5.56 Å². The van der Waals surface area contributed by atoms with E-state index in [4.69, 9.17) is 10.8 Å². The van der Waals surface area contributed by atoms with Crippen LogP contribution in [0.2, 0.25) is 0 Å². The molecule has 1 atom stereocenters. The molecule has 0 fully saturated rings. The van der Waals surface area contributed by atoms with Gasteiger partial charge in [0.2, 0.25) is 0 Å². The molecule has 0 aliphatic rings. The van der Waals surface area contributed by atoms with Crippen LogP contribution in [0.15, 0.2) is 24.8 Å². The van der Waals surface area contributed by atoms with Crippen molar-refractivity contribution in [2.45, 2.75) is 6.04 Å². The van der Waals surface area contributed by atoms with Crippen molar-refractivity contribution in [3.63, 3.8) is 0 Å². The lowest BCUT2D eigenvalue weighted by Crippen LogP contribution is -2.07. The minimum Gasteiger partial charge on any atom is -0.505 e. The second kappa shape index (κ2) is 3.53. The van der Waals surface area contributed by atoms with Crippen molar-refractivity contribution < 1.29 is 13.9 Å². The van der Waals surface area contributed by atoms with Gasteiger partial charge in [-0.2, -0.15) is 4.39 Å². The average molecular weight is 185 g/mol. The highest BCUT2D eigenvalue weighted by molar-refractivity contribution is 5.33. The maximum absolute atomic E-state index is 12.7. The van der Waals surface area contributed by atoms with E-state index in [1.54, 1.807) is 0 Å². The maximum atomic E-state index is 12.7. The summed E-state index contributed by atoms with van der Waals surface area (Å²) in [4.78, 5) is 0. The Morgan fingerprint density at radius 3 is 2.54 bits per heavy atom. The fourth-order valence-corrected chi connectivity index (χ4v) is 0.923. The lowest BCUT2D eigenvalue weighted by Gasteiger charge is -2.07. The second-order valence-corrected chi connectivity index (χ2v) is 2.60. The van der Waals surface area contributed by atoms with E-state index in [9.17, 15) is 8.78 Å². The van der Waals surface area contributed by atoms with E-state index in [1.807, 2.05) is 0 Å².